The highest BCUT2D eigenvalue weighted by atomic mass is 19.2. The minimum absolute atomic E-state index is 0.0240. The van der Waals surface area contributed by atoms with Crippen LogP contribution in [-0.4, -0.2) is 6.61 Å². The molecule has 0 radical (unpaired) electrons. The van der Waals surface area contributed by atoms with Gasteiger partial charge in [0.05, 0.1) is 0 Å². The van der Waals surface area contributed by atoms with E-state index in [0.717, 1.165) is 25.7 Å². The van der Waals surface area contributed by atoms with Crippen LogP contribution in [0.4, 0.5) is 17.6 Å². The Bertz CT molecular complexity index is 976. The molecular weight excluding hydrogens is 416 g/mol. The first-order chi connectivity index (χ1) is 15.0. The summed E-state index contributed by atoms with van der Waals surface area (Å²) in [6.45, 7) is 17.6. The standard InChI is InChI=1S/C27H30F4O/c1-16(2)24(28)25(29)20(6)19(5)10-7-18(4)15-32-23-14-13-22(26(30)27(23)31)21-11-8-17(3)9-12-21/h7,10,13-14,17,21H,1,4-6,8-9,11-12,15H2,2-3H3/b10-7-,25-24-. The lowest BCUT2D eigenvalue weighted by molar-refractivity contribution is 0.317. The molecule has 32 heavy (non-hydrogen) atoms. The zero-order valence-corrected chi connectivity index (χ0v) is 18.7. The average molecular weight is 447 g/mol. The van der Waals surface area contributed by atoms with Gasteiger partial charge in [0.1, 0.15) is 6.61 Å². The molecule has 1 saturated carbocycles. The van der Waals surface area contributed by atoms with E-state index < -0.39 is 23.3 Å². The van der Waals surface area contributed by atoms with Gasteiger partial charge in [0.25, 0.3) is 0 Å². The summed E-state index contributed by atoms with van der Waals surface area (Å²) in [4.78, 5) is 0. The van der Waals surface area contributed by atoms with Crippen LogP contribution in [0, 0.1) is 17.6 Å². The van der Waals surface area contributed by atoms with Crippen molar-refractivity contribution >= 4 is 0 Å². The Labute approximate surface area is 188 Å². The summed E-state index contributed by atoms with van der Waals surface area (Å²) in [5.74, 6) is -3.67. The molecule has 0 aromatic heterocycles. The lowest BCUT2D eigenvalue weighted by Gasteiger charge is -2.27. The molecule has 1 aliphatic rings. The van der Waals surface area contributed by atoms with Crippen LogP contribution in [0.15, 0.2) is 84.5 Å². The van der Waals surface area contributed by atoms with Gasteiger partial charge in [-0.3, -0.25) is 0 Å². The number of halogens is 4. The molecule has 0 heterocycles. The molecule has 0 N–H and O–H groups in total. The molecule has 0 spiro atoms. The number of ether oxygens (including phenoxy) is 1. The highest BCUT2D eigenvalue weighted by Crippen LogP contribution is 2.38. The number of hydrogen-bond acceptors (Lipinski definition) is 1. The molecular formula is C27H30F4O. The highest BCUT2D eigenvalue weighted by molar-refractivity contribution is 5.50. The van der Waals surface area contributed by atoms with E-state index in [2.05, 4.69) is 33.2 Å². The van der Waals surface area contributed by atoms with Crippen LogP contribution in [0.1, 0.15) is 51.0 Å². The van der Waals surface area contributed by atoms with E-state index in [-0.39, 0.29) is 35.0 Å². The Morgan fingerprint density at radius 3 is 2.19 bits per heavy atom. The molecule has 0 amide bonds. The molecule has 0 unspecified atom stereocenters. The predicted molar refractivity (Wildman–Crippen MR) is 123 cm³/mol. The van der Waals surface area contributed by atoms with E-state index in [0.29, 0.717) is 17.1 Å². The molecule has 0 saturated heterocycles. The maximum Gasteiger partial charge on any atom is 0.200 e. The Morgan fingerprint density at radius 2 is 1.59 bits per heavy atom. The number of hydrogen-bond donors (Lipinski definition) is 0. The second-order valence-electron chi connectivity index (χ2n) is 8.43. The molecule has 0 aliphatic heterocycles. The molecule has 172 valence electrons. The Balaban J connectivity index is 1.98. The van der Waals surface area contributed by atoms with Crippen LogP contribution >= 0.6 is 0 Å². The third-order valence-electron chi connectivity index (χ3n) is 5.69. The van der Waals surface area contributed by atoms with Crippen LogP contribution in [0.5, 0.6) is 5.75 Å². The quantitative estimate of drug-likeness (QED) is 0.273. The maximum atomic E-state index is 14.6. The minimum atomic E-state index is -1.14. The van der Waals surface area contributed by atoms with Crippen molar-refractivity contribution in [2.45, 2.75) is 45.4 Å². The van der Waals surface area contributed by atoms with Crippen LogP contribution in [0.3, 0.4) is 0 Å². The first-order valence-corrected chi connectivity index (χ1v) is 10.6. The summed E-state index contributed by atoms with van der Waals surface area (Å²) >= 11 is 0. The monoisotopic (exact) mass is 446 g/mol. The van der Waals surface area contributed by atoms with Crippen LogP contribution in [0.25, 0.3) is 0 Å². The fraction of sp³-hybridized carbons (Fsp3) is 0.333. The Morgan fingerprint density at radius 1 is 0.969 bits per heavy atom. The summed E-state index contributed by atoms with van der Waals surface area (Å²) in [6.07, 6.45) is 6.57. The third-order valence-corrected chi connectivity index (χ3v) is 5.69. The van der Waals surface area contributed by atoms with Crippen molar-refractivity contribution in [2.24, 2.45) is 5.92 Å². The molecule has 1 aromatic rings. The van der Waals surface area contributed by atoms with E-state index in [1.807, 2.05) is 0 Å². The van der Waals surface area contributed by atoms with Crippen molar-refractivity contribution in [1.29, 1.82) is 0 Å². The van der Waals surface area contributed by atoms with E-state index in [1.54, 1.807) is 6.07 Å². The molecule has 2 rings (SSSR count). The SMILES string of the molecule is C=C(/C=C\C(=C)C(=C)/C(F)=C(/F)C(=C)C)COc1ccc(C2CCC(C)CC2)c(F)c1F. The molecule has 0 atom stereocenters. The number of allylic oxidation sites excluding steroid dienone is 6. The largest absolute Gasteiger partial charge is 0.486 e. The van der Waals surface area contributed by atoms with Gasteiger partial charge in [-0.05, 0) is 60.0 Å². The van der Waals surface area contributed by atoms with Gasteiger partial charge in [-0.15, -0.1) is 0 Å². The molecule has 1 aliphatic carbocycles. The van der Waals surface area contributed by atoms with E-state index >= 15 is 0 Å². The number of rotatable bonds is 9. The van der Waals surface area contributed by atoms with Gasteiger partial charge in [0, 0.05) is 5.57 Å². The maximum absolute atomic E-state index is 14.6. The van der Waals surface area contributed by atoms with Crippen LogP contribution in [-0.2, 0) is 0 Å². The first kappa shape index (κ1) is 25.4. The number of benzene rings is 1. The van der Waals surface area contributed by atoms with Gasteiger partial charge in [0.15, 0.2) is 23.2 Å². The molecule has 0 bridgehead atoms. The first-order valence-electron chi connectivity index (χ1n) is 10.6. The van der Waals surface area contributed by atoms with Crippen LogP contribution in [0.2, 0.25) is 0 Å². The van der Waals surface area contributed by atoms with E-state index in [9.17, 15) is 17.6 Å². The summed E-state index contributed by atoms with van der Waals surface area (Å²) < 4.78 is 62.2. The van der Waals surface area contributed by atoms with Gasteiger partial charge >= 0.3 is 0 Å². The van der Waals surface area contributed by atoms with Gasteiger partial charge in [0.2, 0.25) is 5.82 Å². The predicted octanol–water partition coefficient (Wildman–Crippen LogP) is 8.59. The molecule has 1 aromatic carbocycles. The van der Waals surface area contributed by atoms with Crippen molar-refractivity contribution < 1.29 is 22.3 Å². The average Bonchev–Trinajstić information content (AvgIpc) is 2.77. The van der Waals surface area contributed by atoms with E-state index in [4.69, 9.17) is 4.74 Å². The summed E-state index contributed by atoms with van der Waals surface area (Å²) in [6, 6.07) is 3.02. The second-order valence-corrected chi connectivity index (χ2v) is 8.43. The lowest BCUT2D eigenvalue weighted by atomic mass is 9.79. The molecule has 1 nitrogen and oxygen atoms in total. The summed E-state index contributed by atoms with van der Waals surface area (Å²) in [5.41, 5.74) is 0.637. The molecule has 5 heteroatoms. The lowest BCUT2D eigenvalue weighted by Crippen LogP contribution is -2.13. The van der Waals surface area contributed by atoms with Crippen molar-refractivity contribution in [2.75, 3.05) is 6.61 Å². The second kappa shape index (κ2) is 11.2. The van der Waals surface area contributed by atoms with Gasteiger partial charge < -0.3 is 4.74 Å². The third kappa shape index (κ3) is 6.35. The fourth-order valence-corrected chi connectivity index (χ4v) is 3.54. The van der Waals surface area contributed by atoms with Gasteiger partial charge in [-0.2, -0.15) is 4.39 Å². The zero-order valence-electron chi connectivity index (χ0n) is 18.7. The van der Waals surface area contributed by atoms with Crippen molar-refractivity contribution in [3.8, 4) is 5.75 Å². The Hall–Kier alpha value is -2.82. The Kier molecular flexibility index (Phi) is 8.88. The van der Waals surface area contributed by atoms with Gasteiger partial charge in [-0.25, -0.2) is 13.2 Å². The zero-order chi connectivity index (χ0) is 24.0. The van der Waals surface area contributed by atoms with E-state index in [1.165, 1.54) is 25.1 Å². The van der Waals surface area contributed by atoms with Gasteiger partial charge in [-0.1, -0.05) is 64.3 Å². The van der Waals surface area contributed by atoms with Crippen molar-refractivity contribution in [3.63, 3.8) is 0 Å². The van der Waals surface area contributed by atoms with Crippen molar-refractivity contribution in [3.05, 3.63) is 102 Å². The summed E-state index contributed by atoms with van der Waals surface area (Å²) in [5, 5.41) is 0. The van der Waals surface area contributed by atoms with Crippen LogP contribution < -0.4 is 4.74 Å². The van der Waals surface area contributed by atoms with Crippen molar-refractivity contribution in [1.82, 2.24) is 0 Å². The summed E-state index contributed by atoms with van der Waals surface area (Å²) in [7, 11) is 0. The topological polar surface area (TPSA) is 9.23 Å². The highest BCUT2D eigenvalue weighted by Gasteiger charge is 2.25. The minimum Gasteiger partial charge on any atom is -0.486 e. The smallest absolute Gasteiger partial charge is 0.200 e. The fourth-order valence-electron chi connectivity index (χ4n) is 3.54. The molecule has 1 fully saturated rings. The normalized spacial score (nSPS) is 19.4.